The molecule has 3 nitrogen and oxygen atoms in total. The molecule has 0 fully saturated rings. The van der Waals surface area contributed by atoms with Crippen molar-refractivity contribution in [2.75, 3.05) is 13.2 Å². The standard InChI is InChI=1S/C19H30O3Si/c1-4-23(5-2,6-3)22-16-19-18(13-10-14-20-19)21-15-17-11-8-7-9-12-17/h7-13,18-19H,4-6,14-16H2,1-3H3/t18-,19-/m1/s1. The summed E-state index contributed by atoms with van der Waals surface area (Å²) in [5.41, 5.74) is 1.19. The van der Waals surface area contributed by atoms with Gasteiger partial charge in [-0.15, -0.1) is 0 Å². The Balaban J connectivity index is 1.90. The monoisotopic (exact) mass is 334 g/mol. The number of ether oxygens (including phenoxy) is 2. The molecule has 128 valence electrons. The third-order valence-corrected chi connectivity index (χ3v) is 9.52. The van der Waals surface area contributed by atoms with Crippen molar-refractivity contribution < 1.29 is 13.9 Å². The van der Waals surface area contributed by atoms with Crippen LogP contribution in [0.3, 0.4) is 0 Å². The molecule has 0 unspecified atom stereocenters. The molecule has 2 rings (SSSR count). The Kier molecular flexibility index (Phi) is 7.50. The van der Waals surface area contributed by atoms with Crippen molar-refractivity contribution in [2.45, 2.75) is 57.7 Å². The Morgan fingerprint density at radius 1 is 1.09 bits per heavy atom. The first-order valence-electron chi connectivity index (χ1n) is 8.80. The zero-order valence-corrected chi connectivity index (χ0v) is 15.7. The molecule has 0 saturated heterocycles. The summed E-state index contributed by atoms with van der Waals surface area (Å²) in [7, 11) is -1.58. The predicted molar refractivity (Wildman–Crippen MR) is 97.0 cm³/mol. The molecule has 0 saturated carbocycles. The van der Waals surface area contributed by atoms with Crippen molar-refractivity contribution in [2.24, 2.45) is 0 Å². The van der Waals surface area contributed by atoms with E-state index in [0.717, 1.165) is 18.1 Å². The minimum atomic E-state index is -1.58. The van der Waals surface area contributed by atoms with Crippen molar-refractivity contribution >= 4 is 8.32 Å². The third-order valence-electron chi connectivity index (χ3n) is 4.87. The predicted octanol–water partition coefficient (Wildman–Crippen LogP) is 4.55. The first kappa shape index (κ1) is 18.4. The van der Waals surface area contributed by atoms with Gasteiger partial charge in [0.2, 0.25) is 0 Å². The Bertz CT molecular complexity index is 462. The second-order valence-electron chi connectivity index (χ2n) is 6.12. The van der Waals surface area contributed by atoms with Crippen LogP contribution < -0.4 is 0 Å². The van der Waals surface area contributed by atoms with Crippen LogP contribution in [-0.2, 0) is 20.5 Å². The van der Waals surface area contributed by atoms with Crippen LogP contribution in [0.4, 0.5) is 0 Å². The molecule has 1 heterocycles. The second-order valence-corrected chi connectivity index (χ2v) is 10.9. The van der Waals surface area contributed by atoms with E-state index in [0.29, 0.717) is 19.8 Å². The Labute approximate surface area is 141 Å². The van der Waals surface area contributed by atoms with Crippen LogP contribution in [0.5, 0.6) is 0 Å². The number of benzene rings is 1. The molecule has 2 atom stereocenters. The molecular formula is C19H30O3Si. The molecule has 1 aromatic carbocycles. The van der Waals surface area contributed by atoms with Gasteiger partial charge >= 0.3 is 0 Å². The van der Waals surface area contributed by atoms with Crippen LogP contribution in [0.15, 0.2) is 42.5 Å². The summed E-state index contributed by atoms with van der Waals surface area (Å²) in [5, 5.41) is 0. The van der Waals surface area contributed by atoms with Crippen LogP contribution in [-0.4, -0.2) is 33.7 Å². The lowest BCUT2D eigenvalue weighted by Crippen LogP contribution is -2.43. The maximum atomic E-state index is 6.40. The lowest BCUT2D eigenvalue weighted by Gasteiger charge is -2.33. The molecule has 0 N–H and O–H groups in total. The van der Waals surface area contributed by atoms with E-state index < -0.39 is 8.32 Å². The Morgan fingerprint density at radius 3 is 2.43 bits per heavy atom. The van der Waals surface area contributed by atoms with Gasteiger partial charge in [0.05, 0.1) is 19.8 Å². The van der Waals surface area contributed by atoms with E-state index >= 15 is 0 Å². The van der Waals surface area contributed by atoms with Crippen LogP contribution in [0, 0.1) is 0 Å². The average molecular weight is 335 g/mol. The van der Waals surface area contributed by atoms with E-state index in [9.17, 15) is 0 Å². The summed E-state index contributed by atoms with van der Waals surface area (Å²) in [6, 6.07) is 13.8. The van der Waals surface area contributed by atoms with Gasteiger partial charge in [-0.05, 0) is 23.7 Å². The first-order valence-corrected chi connectivity index (χ1v) is 11.3. The molecule has 1 aliphatic heterocycles. The quantitative estimate of drug-likeness (QED) is 0.490. The highest BCUT2D eigenvalue weighted by atomic mass is 28.4. The lowest BCUT2D eigenvalue weighted by molar-refractivity contribution is -0.0764. The Morgan fingerprint density at radius 2 is 1.78 bits per heavy atom. The van der Waals surface area contributed by atoms with E-state index in [4.69, 9.17) is 13.9 Å². The van der Waals surface area contributed by atoms with Gasteiger partial charge in [0, 0.05) is 0 Å². The van der Waals surface area contributed by atoms with Crippen molar-refractivity contribution in [3.05, 3.63) is 48.0 Å². The third kappa shape index (κ3) is 5.28. The molecule has 0 spiro atoms. The van der Waals surface area contributed by atoms with Crippen LogP contribution in [0.25, 0.3) is 0 Å². The van der Waals surface area contributed by atoms with Gasteiger partial charge in [0.25, 0.3) is 0 Å². The normalized spacial score (nSPS) is 21.5. The minimum Gasteiger partial charge on any atom is -0.414 e. The number of rotatable bonds is 9. The van der Waals surface area contributed by atoms with Crippen molar-refractivity contribution in [1.82, 2.24) is 0 Å². The van der Waals surface area contributed by atoms with Crippen LogP contribution in [0.1, 0.15) is 26.3 Å². The lowest BCUT2D eigenvalue weighted by atomic mass is 10.1. The maximum Gasteiger partial charge on any atom is 0.192 e. The smallest absolute Gasteiger partial charge is 0.192 e. The van der Waals surface area contributed by atoms with Gasteiger partial charge in [0.15, 0.2) is 8.32 Å². The van der Waals surface area contributed by atoms with E-state index in [-0.39, 0.29) is 12.2 Å². The SMILES string of the molecule is CC[Si](CC)(CC)OC[C@H]1OCC=C[C@H]1OCc1ccccc1. The summed E-state index contributed by atoms with van der Waals surface area (Å²) < 4.78 is 18.4. The molecule has 23 heavy (non-hydrogen) atoms. The van der Waals surface area contributed by atoms with Gasteiger partial charge in [0.1, 0.15) is 12.2 Å². The van der Waals surface area contributed by atoms with Gasteiger partial charge in [-0.1, -0.05) is 63.3 Å². The van der Waals surface area contributed by atoms with Crippen LogP contribution in [0.2, 0.25) is 18.1 Å². The second kappa shape index (κ2) is 9.38. The average Bonchev–Trinajstić information content (AvgIpc) is 2.63. The molecule has 1 aromatic rings. The van der Waals surface area contributed by atoms with Crippen molar-refractivity contribution in [3.63, 3.8) is 0 Å². The topological polar surface area (TPSA) is 27.7 Å². The van der Waals surface area contributed by atoms with E-state index in [1.54, 1.807) is 0 Å². The fourth-order valence-electron chi connectivity index (χ4n) is 2.98. The fraction of sp³-hybridized carbons (Fsp3) is 0.579. The summed E-state index contributed by atoms with van der Waals surface area (Å²) in [5.74, 6) is 0. The van der Waals surface area contributed by atoms with E-state index in [2.05, 4.69) is 39.0 Å². The van der Waals surface area contributed by atoms with Gasteiger partial charge in [-0.2, -0.15) is 0 Å². The highest BCUT2D eigenvalue weighted by Gasteiger charge is 2.32. The summed E-state index contributed by atoms with van der Waals surface area (Å²) in [4.78, 5) is 0. The van der Waals surface area contributed by atoms with E-state index in [1.807, 2.05) is 24.3 Å². The molecule has 0 radical (unpaired) electrons. The Hall–Kier alpha value is -0.943. The van der Waals surface area contributed by atoms with Crippen molar-refractivity contribution in [3.8, 4) is 0 Å². The molecule has 0 aliphatic carbocycles. The van der Waals surface area contributed by atoms with E-state index in [1.165, 1.54) is 5.56 Å². The molecule has 1 aliphatic rings. The van der Waals surface area contributed by atoms with Crippen LogP contribution >= 0.6 is 0 Å². The molecular weight excluding hydrogens is 304 g/mol. The first-order chi connectivity index (χ1) is 11.2. The van der Waals surface area contributed by atoms with Gasteiger partial charge < -0.3 is 13.9 Å². The zero-order chi connectivity index (χ0) is 16.5. The fourth-order valence-corrected chi connectivity index (χ4v) is 5.61. The van der Waals surface area contributed by atoms with Gasteiger partial charge in [-0.3, -0.25) is 0 Å². The zero-order valence-electron chi connectivity index (χ0n) is 14.7. The molecule has 4 heteroatoms. The highest BCUT2D eigenvalue weighted by molar-refractivity contribution is 6.73. The largest absolute Gasteiger partial charge is 0.414 e. The maximum absolute atomic E-state index is 6.40. The van der Waals surface area contributed by atoms with Gasteiger partial charge in [-0.25, -0.2) is 0 Å². The summed E-state index contributed by atoms with van der Waals surface area (Å²) >= 11 is 0. The minimum absolute atomic E-state index is 0.000220. The van der Waals surface area contributed by atoms with Crippen molar-refractivity contribution in [1.29, 1.82) is 0 Å². The highest BCUT2D eigenvalue weighted by Crippen LogP contribution is 2.23. The number of hydrogen-bond acceptors (Lipinski definition) is 3. The number of hydrogen-bond donors (Lipinski definition) is 0. The molecule has 0 aromatic heterocycles. The summed E-state index contributed by atoms with van der Waals surface area (Å²) in [6.07, 6.45) is 4.13. The molecule has 0 amide bonds. The molecule has 0 bridgehead atoms. The summed E-state index contributed by atoms with van der Waals surface area (Å²) in [6.45, 7) is 8.66.